The van der Waals surface area contributed by atoms with Crippen molar-refractivity contribution in [2.45, 2.75) is 37.8 Å². The predicted molar refractivity (Wildman–Crippen MR) is 86.7 cm³/mol. The molecule has 0 aromatic heterocycles. The summed E-state index contributed by atoms with van der Waals surface area (Å²) in [4.78, 5) is 35.5. The summed E-state index contributed by atoms with van der Waals surface area (Å²) in [7, 11) is 0. The molecule has 2 unspecified atom stereocenters. The van der Waals surface area contributed by atoms with Crippen LogP contribution in [-0.2, 0) is 20.9 Å². The Morgan fingerprint density at radius 1 is 1.08 bits per heavy atom. The molecule has 2 fully saturated rings. The number of alkyl carbamates (subject to hydrolysis) is 1. The van der Waals surface area contributed by atoms with Crippen LogP contribution in [0.2, 0.25) is 0 Å². The Morgan fingerprint density at radius 3 is 2.20 bits per heavy atom. The van der Waals surface area contributed by atoms with E-state index in [9.17, 15) is 24.6 Å². The number of aliphatic carboxylic acids is 2. The summed E-state index contributed by atoms with van der Waals surface area (Å²) in [6.45, 7) is 0.0510. The zero-order chi connectivity index (χ0) is 18.0. The first-order chi connectivity index (χ1) is 11.9. The van der Waals surface area contributed by atoms with Gasteiger partial charge in [0, 0.05) is 0 Å². The molecule has 2 atom stereocenters. The molecule has 0 saturated heterocycles. The van der Waals surface area contributed by atoms with E-state index in [0.29, 0.717) is 12.8 Å². The van der Waals surface area contributed by atoms with Crippen molar-refractivity contribution >= 4 is 18.0 Å². The number of carbonyl (C=O) groups is 3. The van der Waals surface area contributed by atoms with Crippen LogP contribution in [0.4, 0.5) is 4.79 Å². The highest BCUT2D eigenvalue weighted by atomic mass is 16.5. The van der Waals surface area contributed by atoms with Gasteiger partial charge in [-0.2, -0.15) is 0 Å². The molecular weight excluding hydrogens is 326 g/mol. The number of nitrogens with one attached hydrogen (secondary N) is 1. The van der Waals surface area contributed by atoms with Gasteiger partial charge in [0.15, 0.2) is 0 Å². The first kappa shape index (κ1) is 17.3. The fraction of sp³-hybridized carbons (Fsp3) is 0.500. The quantitative estimate of drug-likeness (QED) is 0.753. The number of hydrogen-bond acceptors (Lipinski definition) is 4. The highest BCUT2D eigenvalue weighted by molar-refractivity contribution is 5.86. The number of benzene rings is 1. The summed E-state index contributed by atoms with van der Waals surface area (Å²) in [5.41, 5.74) is -0.626. The maximum Gasteiger partial charge on any atom is 0.408 e. The molecule has 0 heterocycles. The number of fused-ring (bicyclic) bond motifs is 2. The van der Waals surface area contributed by atoms with E-state index < -0.39 is 41.3 Å². The fourth-order valence-corrected chi connectivity index (χ4v) is 4.32. The second-order valence-electron chi connectivity index (χ2n) is 6.84. The van der Waals surface area contributed by atoms with E-state index in [1.54, 1.807) is 0 Å². The normalized spacial score (nSPS) is 30.5. The Hall–Kier alpha value is -2.57. The lowest BCUT2D eigenvalue weighted by Gasteiger charge is -2.42. The third kappa shape index (κ3) is 3.18. The standard InChI is InChI=1S/C18H21NO6/c20-15(21)12-8-13-6-7-14(9-12)18(13,16(22)23)19-17(24)25-10-11-4-2-1-3-5-11/h1-5,12-14H,6-10H2,(H,19,24)(H,20,21)(H,22,23). The van der Waals surface area contributed by atoms with Gasteiger partial charge in [0.25, 0.3) is 0 Å². The van der Waals surface area contributed by atoms with Gasteiger partial charge in [0.2, 0.25) is 0 Å². The van der Waals surface area contributed by atoms with Gasteiger partial charge >= 0.3 is 18.0 Å². The minimum absolute atomic E-state index is 0.0510. The molecule has 1 aromatic carbocycles. The van der Waals surface area contributed by atoms with Gasteiger partial charge in [-0.25, -0.2) is 9.59 Å². The van der Waals surface area contributed by atoms with Crippen LogP contribution in [0.15, 0.2) is 30.3 Å². The van der Waals surface area contributed by atoms with Gasteiger partial charge in [-0.1, -0.05) is 30.3 Å². The molecule has 0 spiro atoms. The van der Waals surface area contributed by atoms with Gasteiger partial charge in [0.1, 0.15) is 12.1 Å². The van der Waals surface area contributed by atoms with E-state index in [1.807, 2.05) is 30.3 Å². The smallest absolute Gasteiger partial charge is 0.408 e. The van der Waals surface area contributed by atoms with Crippen LogP contribution >= 0.6 is 0 Å². The zero-order valence-electron chi connectivity index (χ0n) is 13.7. The molecule has 2 aliphatic rings. The topological polar surface area (TPSA) is 113 Å². The number of carboxylic acids is 2. The number of amides is 1. The predicted octanol–water partition coefficient (Wildman–Crippen LogP) is 2.26. The minimum atomic E-state index is -1.43. The van der Waals surface area contributed by atoms with Crippen molar-refractivity contribution in [3.05, 3.63) is 35.9 Å². The summed E-state index contributed by atoms with van der Waals surface area (Å²) in [6, 6.07) is 9.11. The first-order valence-corrected chi connectivity index (χ1v) is 8.38. The Kier molecular flexibility index (Phi) is 4.65. The van der Waals surface area contributed by atoms with Gasteiger partial charge in [-0.05, 0) is 43.1 Å². The SMILES string of the molecule is O=C(NC1(C(=O)O)C2CCC1CC(C(=O)O)C2)OCc1ccccc1. The molecule has 1 aromatic rings. The van der Waals surface area contributed by atoms with E-state index in [-0.39, 0.29) is 19.4 Å². The van der Waals surface area contributed by atoms with Crippen molar-refractivity contribution in [2.24, 2.45) is 17.8 Å². The average Bonchev–Trinajstić information content (AvgIpc) is 2.78. The Labute approximate surface area is 145 Å². The number of ether oxygens (including phenoxy) is 1. The van der Waals surface area contributed by atoms with Gasteiger partial charge in [0.05, 0.1) is 5.92 Å². The van der Waals surface area contributed by atoms with E-state index in [0.717, 1.165) is 5.56 Å². The number of carbonyl (C=O) groups excluding carboxylic acids is 1. The van der Waals surface area contributed by atoms with E-state index in [4.69, 9.17) is 4.74 Å². The fourth-order valence-electron chi connectivity index (χ4n) is 4.32. The molecule has 2 aliphatic carbocycles. The maximum absolute atomic E-state index is 12.2. The van der Waals surface area contributed by atoms with E-state index in [1.165, 1.54) is 0 Å². The van der Waals surface area contributed by atoms with Gasteiger partial charge < -0.3 is 20.3 Å². The molecule has 3 N–H and O–H groups in total. The van der Waals surface area contributed by atoms with E-state index >= 15 is 0 Å². The maximum atomic E-state index is 12.2. The van der Waals surface area contributed by atoms with Crippen molar-refractivity contribution in [1.29, 1.82) is 0 Å². The molecule has 0 aliphatic heterocycles. The molecule has 3 rings (SSSR count). The second-order valence-corrected chi connectivity index (χ2v) is 6.84. The number of carboxylic acid groups (broad SMARTS) is 2. The minimum Gasteiger partial charge on any atom is -0.481 e. The number of rotatable bonds is 5. The van der Waals surface area contributed by atoms with Crippen LogP contribution in [0, 0.1) is 17.8 Å². The van der Waals surface area contributed by atoms with Crippen molar-refractivity contribution in [3.8, 4) is 0 Å². The van der Waals surface area contributed by atoms with Gasteiger partial charge in [-0.15, -0.1) is 0 Å². The number of hydrogen-bond donors (Lipinski definition) is 3. The highest BCUT2D eigenvalue weighted by Gasteiger charge is 2.61. The largest absolute Gasteiger partial charge is 0.481 e. The molecule has 2 saturated carbocycles. The molecule has 1 amide bonds. The molecular formula is C18H21NO6. The van der Waals surface area contributed by atoms with Crippen LogP contribution in [0.3, 0.4) is 0 Å². The average molecular weight is 347 g/mol. The molecule has 2 bridgehead atoms. The lowest BCUT2D eigenvalue weighted by atomic mass is 9.67. The summed E-state index contributed by atoms with van der Waals surface area (Å²) >= 11 is 0. The van der Waals surface area contributed by atoms with Crippen molar-refractivity contribution < 1.29 is 29.3 Å². The Balaban J connectivity index is 1.70. The van der Waals surface area contributed by atoms with E-state index in [2.05, 4.69) is 5.32 Å². The molecule has 25 heavy (non-hydrogen) atoms. The van der Waals surface area contributed by atoms with Crippen LogP contribution in [-0.4, -0.2) is 33.8 Å². The molecule has 7 heteroatoms. The zero-order valence-corrected chi connectivity index (χ0v) is 13.7. The Morgan fingerprint density at radius 2 is 1.68 bits per heavy atom. The van der Waals surface area contributed by atoms with Crippen LogP contribution in [0.1, 0.15) is 31.2 Å². The lowest BCUT2D eigenvalue weighted by Crippen LogP contribution is -2.63. The molecule has 7 nitrogen and oxygen atoms in total. The third-order valence-electron chi connectivity index (χ3n) is 5.51. The van der Waals surface area contributed by atoms with Crippen LogP contribution in [0.25, 0.3) is 0 Å². The summed E-state index contributed by atoms with van der Waals surface area (Å²) < 4.78 is 5.18. The van der Waals surface area contributed by atoms with Crippen molar-refractivity contribution in [2.75, 3.05) is 0 Å². The second kappa shape index (κ2) is 6.74. The summed E-state index contributed by atoms with van der Waals surface area (Å²) in [6.07, 6.45) is 0.935. The third-order valence-corrected chi connectivity index (χ3v) is 5.51. The molecule has 134 valence electrons. The summed E-state index contributed by atoms with van der Waals surface area (Å²) in [5, 5.41) is 21.6. The van der Waals surface area contributed by atoms with Crippen molar-refractivity contribution in [1.82, 2.24) is 5.32 Å². The van der Waals surface area contributed by atoms with Crippen LogP contribution in [0.5, 0.6) is 0 Å². The Bertz CT molecular complexity index is 659. The van der Waals surface area contributed by atoms with Gasteiger partial charge in [-0.3, -0.25) is 4.79 Å². The monoisotopic (exact) mass is 347 g/mol. The van der Waals surface area contributed by atoms with Crippen LogP contribution < -0.4 is 5.32 Å². The lowest BCUT2D eigenvalue weighted by molar-refractivity contribution is -0.155. The summed E-state index contributed by atoms with van der Waals surface area (Å²) in [5.74, 6) is -3.35. The van der Waals surface area contributed by atoms with Crippen molar-refractivity contribution in [3.63, 3.8) is 0 Å². The first-order valence-electron chi connectivity index (χ1n) is 8.38. The highest BCUT2D eigenvalue weighted by Crippen LogP contribution is 2.52. The molecule has 0 radical (unpaired) electrons.